The molecule has 1 aliphatic rings. The van der Waals surface area contributed by atoms with Crippen LogP contribution >= 0.6 is 0 Å². The Hall–Kier alpha value is -0.570. The average molecular weight is 255 g/mol. The van der Waals surface area contributed by atoms with Gasteiger partial charge in [0, 0.05) is 6.04 Å². The molecule has 0 amide bonds. The van der Waals surface area contributed by atoms with Gasteiger partial charge < -0.3 is 5.11 Å². The summed E-state index contributed by atoms with van der Waals surface area (Å²) >= 11 is 0. The molecule has 3 heteroatoms. The molecule has 1 rings (SSSR count). The highest BCUT2D eigenvalue weighted by atomic mass is 16.4. The number of hydrogen-bond acceptors (Lipinski definition) is 2. The first-order valence-electron chi connectivity index (χ1n) is 7.60. The summed E-state index contributed by atoms with van der Waals surface area (Å²) in [5, 5.41) is 9.43. The standard InChI is InChI=1S/C15H29NO2/c1-4-9-16(10-5-2)14-11-12(6-3)7-8-13(14)15(17)18/h12-14H,4-11H2,1-3H3,(H,17,18). The summed E-state index contributed by atoms with van der Waals surface area (Å²) in [7, 11) is 0. The molecule has 18 heavy (non-hydrogen) atoms. The summed E-state index contributed by atoms with van der Waals surface area (Å²) in [4.78, 5) is 13.9. The predicted octanol–water partition coefficient (Wildman–Crippen LogP) is 3.39. The molecule has 0 heterocycles. The fraction of sp³-hybridized carbons (Fsp3) is 0.933. The third kappa shape index (κ3) is 3.98. The number of carbonyl (C=O) groups is 1. The first-order valence-corrected chi connectivity index (χ1v) is 7.60. The number of rotatable bonds is 7. The molecule has 1 saturated carbocycles. The Morgan fingerprint density at radius 3 is 2.22 bits per heavy atom. The Balaban J connectivity index is 2.76. The van der Waals surface area contributed by atoms with Gasteiger partial charge in [-0.25, -0.2) is 0 Å². The molecule has 0 aromatic rings. The molecule has 3 nitrogen and oxygen atoms in total. The number of aliphatic carboxylic acids is 1. The second kappa shape index (κ2) is 7.78. The van der Waals surface area contributed by atoms with E-state index < -0.39 is 5.97 Å². The highest BCUT2D eigenvalue weighted by Gasteiger charge is 2.37. The minimum Gasteiger partial charge on any atom is -0.481 e. The third-order valence-electron chi connectivity index (χ3n) is 4.31. The van der Waals surface area contributed by atoms with E-state index in [1.165, 1.54) is 6.42 Å². The number of nitrogens with zero attached hydrogens (tertiary/aromatic N) is 1. The van der Waals surface area contributed by atoms with Crippen LogP contribution in [0.1, 0.15) is 59.3 Å². The largest absolute Gasteiger partial charge is 0.481 e. The summed E-state index contributed by atoms with van der Waals surface area (Å²) in [6, 6.07) is 0.265. The molecule has 0 aliphatic heterocycles. The molecular weight excluding hydrogens is 226 g/mol. The lowest BCUT2D eigenvalue weighted by Crippen LogP contribution is -2.47. The minimum absolute atomic E-state index is 0.147. The monoisotopic (exact) mass is 255 g/mol. The summed E-state index contributed by atoms with van der Waals surface area (Å²) in [6.07, 6.45) is 6.44. The summed E-state index contributed by atoms with van der Waals surface area (Å²) in [6.45, 7) is 8.67. The van der Waals surface area contributed by atoms with Crippen molar-refractivity contribution < 1.29 is 9.90 Å². The zero-order valence-electron chi connectivity index (χ0n) is 12.2. The Labute approximate surface area is 112 Å². The van der Waals surface area contributed by atoms with Crippen molar-refractivity contribution in [2.24, 2.45) is 11.8 Å². The van der Waals surface area contributed by atoms with Crippen molar-refractivity contribution >= 4 is 5.97 Å². The van der Waals surface area contributed by atoms with E-state index in [1.807, 2.05) is 0 Å². The fourth-order valence-electron chi connectivity index (χ4n) is 3.31. The van der Waals surface area contributed by atoms with Crippen LogP contribution in [0.4, 0.5) is 0 Å². The van der Waals surface area contributed by atoms with Gasteiger partial charge in [0.15, 0.2) is 0 Å². The van der Waals surface area contributed by atoms with Gasteiger partial charge in [-0.15, -0.1) is 0 Å². The van der Waals surface area contributed by atoms with Crippen molar-refractivity contribution in [3.8, 4) is 0 Å². The molecule has 0 bridgehead atoms. The maximum Gasteiger partial charge on any atom is 0.308 e. The molecule has 1 aliphatic carbocycles. The molecule has 0 aromatic heterocycles. The van der Waals surface area contributed by atoms with Crippen molar-refractivity contribution in [1.82, 2.24) is 4.90 Å². The van der Waals surface area contributed by atoms with E-state index in [0.29, 0.717) is 0 Å². The van der Waals surface area contributed by atoms with E-state index >= 15 is 0 Å². The van der Waals surface area contributed by atoms with E-state index in [-0.39, 0.29) is 12.0 Å². The van der Waals surface area contributed by atoms with Gasteiger partial charge in [-0.1, -0.05) is 27.2 Å². The van der Waals surface area contributed by atoms with Gasteiger partial charge in [-0.05, 0) is 51.1 Å². The normalized spacial score (nSPS) is 28.6. The maximum atomic E-state index is 11.4. The molecular formula is C15H29NO2. The van der Waals surface area contributed by atoms with Gasteiger partial charge in [-0.3, -0.25) is 9.69 Å². The van der Waals surface area contributed by atoms with E-state index in [0.717, 1.165) is 51.1 Å². The van der Waals surface area contributed by atoms with Gasteiger partial charge >= 0.3 is 5.97 Å². The quantitative estimate of drug-likeness (QED) is 0.758. The average Bonchev–Trinajstić information content (AvgIpc) is 2.37. The van der Waals surface area contributed by atoms with Crippen LogP contribution < -0.4 is 0 Å². The summed E-state index contributed by atoms with van der Waals surface area (Å²) in [5.41, 5.74) is 0. The molecule has 3 atom stereocenters. The van der Waals surface area contributed by atoms with E-state index in [9.17, 15) is 9.90 Å². The SMILES string of the molecule is CCCN(CCC)C1CC(CC)CCC1C(=O)O. The lowest BCUT2D eigenvalue weighted by Gasteiger charge is -2.41. The third-order valence-corrected chi connectivity index (χ3v) is 4.31. The summed E-state index contributed by atoms with van der Waals surface area (Å²) in [5.74, 6) is -0.0144. The van der Waals surface area contributed by atoms with Crippen LogP contribution in [0.3, 0.4) is 0 Å². The Morgan fingerprint density at radius 1 is 1.17 bits per heavy atom. The van der Waals surface area contributed by atoms with Crippen molar-refractivity contribution in [1.29, 1.82) is 0 Å². The van der Waals surface area contributed by atoms with Crippen LogP contribution in [0.15, 0.2) is 0 Å². The van der Waals surface area contributed by atoms with Crippen LogP contribution in [0.25, 0.3) is 0 Å². The number of carboxylic acid groups (broad SMARTS) is 1. The van der Waals surface area contributed by atoms with Crippen LogP contribution in [-0.4, -0.2) is 35.1 Å². The Kier molecular flexibility index (Phi) is 6.69. The van der Waals surface area contributed by atoms with Gasteiger partial charge in [-0.2, -0.15) is 0 Å². The lowest BCUT2D eigenvalue weighted by molar-refractivity contribution is -0.146. The predicted molar refractivity (Wildman–Crippen MR) is 74.7 cm³/mol. The first kappa shape index (κ1) is 15.5. The number of carboxylic acids is 1. The topological polar surface area (TPSA) is 40.5 Å². The lowest BCUT2D eigenvalue weighted by atomic mass is 9.76. The molecule has 0 radical (unpaired) electrons. The van der Waals surface area contributed by atoms with Gasteiger partial charge in [0.1, 0.15) is 0 Å². The van der Waals surface area contributed by atoms with Crippen LogP contribution in [0.2, 0.25) is 0 Å². The van der Waals surface area contributed by atoms with Crippen molar-refractivity contribution in [2.45, 2.75) is 65.3 Å². The smallest absolute Gasteiger partial charge is 0.308 e. The van der Waals surface area contributed by atoms with Crippen molar-refractivity contribution in [2.75, 3.05) is 13.1 Å². The molecule has 0 spiro atoms. The second-order valence-electron chi connectivity index (χ2n) is 5.64. The van der Waals surface area contributed by atoms with E-state index in [1.54, 1.807) is 0 Å². The Morgan fingerprint density at radius 2 is 1.78 bits per heavy atom. The Bertz CT molecular complexity index is 249. The van der Waals surface area contributed by atoms with Gasteiger partial charge in [0.05, 0.1) is 5.92 Å². The molecule has 3 unspecified atom stereocenters. The second-order valence-corrected chi connectivity index (χ2v) is 5.64. The molecule has 106 valence electrons. The first-order chi connectivity index (χ1) is 8.63. The minimum atomic E-state index is -0.591. The molecule has 0 saturated heterocycles. The van der Waals surface area contributed by atoms with E-state index in [2.05, 4.69) is 25.7 Å². The zero-order chi connectivity index (χ0) is 13.5. The van der Waals surface area contributed by atoms with Crippen LogP contribution in [0, 0.1) is 11.8 Å². The molecule has 1 fully saturated rings. The van der Waals surface area contributed by atoms with Gasteiger partial charge in [0.2, 0.25) is 0 Å². The fourth-order valence-corrected chi connectivity index (χ4v) is 3.31. The highest BCUT2D eigenvalue weighted by molar-refractivity contribution is 5.71. The highest BCUT2D eigenvalue weighted by Crippen LogP contribution is 2.34. The van der Waals surface area contributed by atoms with Crippen molar-refractivity contribution in [3.63, 3.8) is 0 Å². The zero-order valence-corrected chi connectivity index (χ0v) is 12.2. The van der Waals surface area contributed by atoms with E-state index in [4.69, 9.17) is 0 Å². The number of hydrogen-bond donors (Lipinski definition) is 1. The molecule has 0 aromatic carbocycles. The molecule has 1 N–H and O–H groups in total. The maximum absolute atomic E-state index is 11.4. The van der Waals surface area contributed by atoms with Crippen molar-refractivity contribution in [3.05, 3.63) is 0 Å². The van der Waals surface area contributed by atoms with Crippen LogP contribution in [-0.2, 0) is 4.79 Å². The van der Waals surface area contributed by atoms with Crippen LogP contribution in [0.5, 0.6) is 0 Å². The van der Waals surface area contributed by atoms with Gasteiger partial charge in [0.25, 0.3) is 0 Å². The summed E-state index contributed by atoms with van der Waals surface area (Å²) < 4.78 is 0.